The predicted molar refractivity (Wildman–Crippen MR) is 124 cm³/mol. The molecule has 0 aliphatic carbocycles. The number of carbonyl (C=O) groups excluding carboxylic acids is 2. The smallest absolute Gasteiger partial charge is 0.280 e. The van der Waals surface area contributed by atoms with Crippen LogP contribution in [0.5, 0.6) is 0 Å². The molecule has 3 aliphatic rings. The van der Waals surface area contributed by atoms with E-state index in [0.29, 0.717) is 48.9 Å². The summed E-state index contributed by atoms with van der Waals surface area (Å²) in [5, 5.41) is 6.09. The van der Waals surface area contributed by atoms with Crippen molar-refractivity contribution in [3.8, 4) is 0 Å². The molecule has 1 spiro atoms. The number of alkyl halides is 1. The molecular weight excluding hydrogens is 515 g/mol. The Morgan fingerprint density at radius 1 is 1.19 bits per heavy atom. The molecule has 11 nitrogen and oxygen atoms in total. The molecule has 0 atom stereocenters. The van der Waals surface area contributed by atoms with Gasteiger partial charge in [0.15, 0.2) is 17.5 Å². The Morgan fingerprint density at radius 2 is 1.90 bits per heavy atom. The van der Waals surface area contributed by atoms with Crippen LogP contribution in [0.1, 0.15) is 41.9 Å². The molecule has 2 fully saturated rings. The lowest BCUT2D eigenvalue weighted by Gasteiger charge is -2.40. The van der Waals surface area contributed by atoms with Crippen molar-refractivity contribution in [3.63, 3.8) is 0 Å². The first kappa shape index (κ1) is 22.0. The number of nitrogen functional groups attached to an aromatic ring is 2. The number of nitrogens with zero attached hydrogens (tertiary/aromatic N) is 4. The van der Waals surface area contributed by atoms with Crippen LogP contribution in [0.4, 0.5) is 11.6 Å². The zero-order valence-electron chi connectivity index (χ0n) is 17.2. The van der Waals surface area contributed by atoms with E-state index in [0.717, 1.165) is 25.7 Å². The van der Waals surface area contributed by atoms with Crippen LogP contribution in [0, 0.1) is 5.92 Å². The van der Waals surface area contributed by atoms with E-state index in [9.17, 15) is 9.59 Å². The SMILES string of the molecule is Nc1nc(N)c(C(=O)NC2=NCC3(CCN(C(=O)C4CCOCC4)CC3)N2)nc1CI. The molecule has 1 aromatic heterocycles. The molecule has 1 aromatic rings. The van der Waals surface area contributed by atoms with Crippen molar-refractivity contribution in [3.05, 3.63) is 11.4 Å². The van der Waals surface area contributed by atoms with Gasteiger partial charge in [0.1, 0.15) is 5.82 Å². The van der Waals surface area contributed by atoms with Gasteiger partial charge in [-0.25, -0.2) is 9.97 Å². The van der Waals surface area contributed by atoms with Crippen LogP contribution < -0.4 is 22.1 Å². The van der Waals surface area contributed by atoms with Crippen molar-refractivity contribution in [2.75, 3.05) is 44.3 Å². The fourth-order valence-corrected chi connectivity index (χ4v) is 4.76. The predicted octanol–water partition coefficient (Wildman–Crippen LogP) is 0.0528. The van der Waals surface area contributed by atoms with Gasteiger partial charge in [0, 0.05) is 36.6 Å². The second kappa shape index (κ2) is 9.10. The highest BCUT2D eigenvalue weighted by molar-refractivity contribution is 14.1. The molecule has 6 N–H and O–H groups in total. The molecule has 3 aliphatic heterocycles. The van der Waals surface area contributed by atoms with Gasteiger partial charge in [-0.15, -0.1) is 0 Å². The van der Waals surface area contributed by atoms with E-state index in [2.05, 4.69) is 48.2 Å². The second-order valence-corrected chi connectivity index (χ2v) is 8.92. The van der Waals surface area contributed by atoms with Gasteiger partial charge >= 0.3 is 0 Å². The summed E-state index contributed by atoms with van der Waals surface area (Å²) in [6.07, 6.45) is 3.14. The summed E-state index contributed by atoms with van der Waals surface area (Å²) in [4.78, 5) is 40.1. The molecule has 168 valence electrons. The maximum atomic E-state index is 12.8. The van der Waals surface area contributed by atoms with Crippen LogP contribution in [0.25, 0.3) is 0 Å². The average Bonchev–Trinajstić information content (AvgIpc) is 3.16. The quantitative estimate of drug-likeness (QED) is 0.308. The molecule has 2 saturated heterocycles. The number of rotatable bonds is 3. The number of guanidine groups is 1. The Labute approximate surface area is 193 Å². The maximum absolute atomic E-state index is 12.8. The van der Waals surface area contributed by atoms with Crippen LogP contribution in [-0.4, -0.2) is 71.0 Å². The van der Waals surface area contributed by atoms with Crippen LogP contribution in [0.3, 0.4) is 0 Å². The van der Waals surface area contributed by atoms with Crippen LogP contribution in [-0.2, 0) is 14.0 Å². The summed E-state index contributed by atoms with van der Waals surface area (Å²) in [6.45, 7) is 3.22. The molecule has 4 rings (SSSR count). The third kappa shape index (κ3) is 4.68. The number of anilines is 2. The van der Waals surface area contributed by atoms with Gasteiger partial charge in [0.05, 0.1) is 17.8 Å². The van der Waals surface area contributed by atoms with Gasteiger partial charge < -0.3 is 26.4 Å². The Hall–Kier alpha value is -2.22. The van der Waals surface area contributed by atoms with Crippen molar-refractivity contribution in [1.29, 1.82) is 0 Å². The zero-order chi connectivity index (χ0) is 22.0. The van der Waals surface area contributed by atoms with Crippen LogP contribution >= 0.6 is 22.6 Å². The van der Waals surface area contributed by atoms with Crippen LogP contribution in [0.15, 0.2) is 4.99 Å². The Kier molecular flexibility index (Phi) is 6.46. The Balaban J connectivity index is 1.32. The zero-order valence-corrected chi connectivity index (χ0v) is 19.4. The minimum Gasteiger partial charge on any atom is -0.382 e. The first-order valence-electron chi connectivity index (χ1n) is 10.4. The molecule has 2 amide bonds. The van der Waals surface area contributed by atoms with E-state index in [-0.39, 0.29) is 34.7 Å². The highest BCUT2D eigenvalue weighted by Crippen LogP contribution is 2.28. The average molecular weight is 542 g/mol. The minimum atomic E-state index is -0.480. The van der Waals surface area contributed by atoms with E-state index in [1.165, 1.54) is 0 Å². The highest BCUT2D eigenvalue weighted by atomic mass is 127. The van der Waals surface area contributed by atoms with Crippen molar-refractivity contribution >= 4 is 52.0 Å². The Morgan fingerprint density at radius 3 is 2.58 bits per heavy atom. The first-order valence-corrected chi connectivity index (χ1v) is 11.9. The maximum Gasteiger partial charge on any atom is 0.280 e. The van der Waals surface area contributed by atoms with Crippen molar-refractivity contribution in [2.45, 2.75) is 35.6 Å². The third-order valence-electron chi connectivity index (χ3n) is 6.13. The lowest BCUT2D eigenvalue weighted by atomic mass is 9.87. The molecule has 0 aromatic carbocycles. The second-order valence-electron chi connectivity index (χ2n) is 8.16. The fraction of sp³-hybridized carbons (Fsp3) is 0.632. The Bertz CT molecular complexity index is 894. The van der Waals surface area contributed by atoms with E-state index < -0.39 is 5.91 Å². The van der Waals surface area contributed by atoms with Gasteiger partial charge in [-0.05, 0) is 25.7 Å². The molecule has 0 unspecified atom stereocenters. The number of nitrogens with one attached hydrogen (secondary N) is 2. The number of nitrogens with two attached hydrogens (primary N) is 2. The lowest BCUT2D eigenvalue weighted by Crippen LogP contribution is -2.57. The number of ether oxygens (including phenoxy) is 1. The number of halogens is 1. The topological polar surface area (TPSA) is 161 Å². The number of carbonyl (C=O) groups is 2. The van der Waals surface area contributed by atoms with Gasteiger partial charge in [-0.1, -0.05) is 22.6 Å². The summed E-state index contributed by atoms with van der Waals surface area (Å²) in [5.41, 5.74) is 11.9. The molecule has 0 saturated carbocycles. The van der Waals surface area contributed by atoms with Crippen molar-refractivity contribution < 1.29 is 14.3 Å². The standard InChI is InChI=1S/C19H27IN8O3/c20-9-12-14(21)25-15(22)13(24-12)16(29)26-18-23-10-19(27-18)3-5-28(6-4-19)17(30)11-1-7-31-8-2-11/h11H,1-10H2,(H4,21,22,25)(H2,23,26,27,29). The lowest BCUT2D eigenvalue weighted by molar-refractivity contribution is -0.140. The van der Waals surface area contributed by atoms with E-state index in [4.69, 9.17) is 16.2 Å². The van der Waals surface area contributed by atoms with E-state index in [1.54, 1.807) is 0 Å². The molecule has 12 heteroatoms. The number of likely N-dealkylation sites (tertiary alicyclic amines) is 1. The molecule has 4 heterocycles. The number of amides is 2. The van der Waals surface area contributed by atoms with Gasteiger partial charge in [-0.2, -0.15) is 0 Å². The molecular formula is C19H27IN8O3. The van der Waals surface area contributed by atoms with Gasteiger partial charge in [0.25, 0.3) is 5.91 Å². The van der Waals surface area contributed by atoms with Gasteiger partial charge in [0.2, 0.25) is 5.91 Å². The first-order chi connectivity index (χ1) is 14.9. The van der Waals surface area contributed by atoms with Crippen molar-refractivity contribution in [1.82, 2.24) is 25.5 Å². The molecule has 0 radical (unpaired) electrons. The summed E-state index contributed by atoms with van der Waals surface area (Å²) in [6, 6.07) is 0. The number of aliphatic imine (C=N–C) groups is 1. The number of hydrogen-bond donors (Lipinski definition) is 4. The number of piperidine rings is 1. The number of hydrogen-bond acceptors (Lipinski definition) is 9. The van der Waals surface area contributed by atoms with E-state index in [1.807, 2.05) is 4.90 Å². The summed E-state index contributed by atoms with van der Waals surface area (Å²) >= 11 is 2.10. The number of aromatic nitrogens is 2. The molecule has 31 heavy (non-hydrogen) atoms. The monoisotopic (exact) mass is 542 g/mol. The summed E-state index contributed by atoms with van der Waals surface area (Å²) in [5.74, 6) is 0.422. The summed E-state index contributed by atoms with van der Waals surface area (Å²) in [7, 11) is 0. The van der Waals surface area contributed by atoms with Crippen LogP contribution in [0.2, 0.25) is 0 Å². The fourth-order valence-electron chi connectivity index (χ4n) is 4.20. The van der Waals surface area contributed by atoms with Gasteiger partial charge in [-0.3, -0.25) is 19.9 Å². The van der Waals surface area contributed by atoms with E-state index >= 15 is 0 Å². The summed E-state index contributed by atoms with van der Waals surface area (Å²) < 4.78 is 5.88. The van der Waals surface area contributed by atoms with Crippen molar-refractivity contribution in [2.24, 2.45) is 10.9 Å². The molecule has 0 bridgehead atoms. The third-order valence-corrected chi connectivity index (χ3v) is 6.85. The highest BCUT2D eigenvalue weighted by Gasteiger charge is 2.41. The minimum absolute atomic E-state index is 0.0168. The largest absolute Gasteiger partial charge is 0.382 e. The normalized spacial score (nSPS) is 20.9.